The molecule has 0 spiro atoms. The third-order valence-electron chi connectivity index (χ3n) is 2.86. The van der Waals surface area contributed by atoms with Crippen molar-refractivity contribution in [3.63, 3.8) is 0 Å². The van der Waals surface area contributed by atoms with Crippen LogP contribution in [0.15, 0.2) is 34.8 Å². The summed E-state index contributed by atoms with van der Waals surface area (Å²) in [6.07, 6.45) is 0. The lowest BCUT2D eigenvalue weighted by atomic mass is 10.3. The highest BCUT2D eigenvalue weighted by atomic mass is 79.9. The van der Waals surface area contributed by atoms with Gasteiger partial charge in [-0.05, 0) is 24.3 Å². The fourth-order valence-corrected chi connectivity index (χ4v) is 2.73. The zero-order chi connectivity index (χ0) is 14.3. The Hall–Kier alpha value is -1.79. The second-order valence-corrected chi connectivity index (χ2v) is 5.42. The van der Waals surface area contributed by atoms with Crippen LogP contribution in [0.2, 0.25) is 5.02 Å². The number of pyridine rings is 1. The predicted octanol–water partition coefficient (Wildman–Crippen LogP) is 3.43. The molecule has 0 saturated heterocycles. The average molecular weight is 354 g/mol. The Labute approximate surface area is 128 Å². The molecule has 5 nitrogen and oxygen atoms in total. The largest absolute Gasteiger partial charge is 0.481 e. The molecule has 0 atom stereocenters. The van der Waals surface area contributed by atoms with Gasteiger partial charge >= 0.3 is 0 Å². The lowest BCUT2D eigenvalue weighted by Crippen LogP contribution is -2.02. The molecule has 2 N–H and O–H groups in total. The first-order chi connectivity index (χ1) is 9.60. The van der Waals surface area contributed by atoms with Gasteiger partial charge in [0.25, 0.3) is 0 Å². The number of halogens is 2. The molecule has 0 radical (unpaired) electrons. The summed E-state index contributed by atoms with van der Waals surface area (Å²) in [7, 11) is 1.56. The van der Waals surface area contributed by atoms with E-state index in [1.165, 1.54) is 0 Å². The summed E-state index contributed by atoms with van der Waals surface area (Å²) in [5, 5.41) is 0.551. The van der Waals surface area contributed by atoms with E-state index >= 15 is 0 Å². The fraction of sp³-hybridized carbons (Fsp3) is 0.0769. The lowest BCUT2D eigenvalue weighted by molar-refractivity contribution is 0.399. The zero-order valence-electron chi connectivity index (χ0n) is 10.5. The minimum atomic E-state index is 0.324. The fourth-order valence-electron chi connectivity index (χ4n) is 1.97. The van der Waals surface area contributed by atoms with Crippen molar-refractivity contribution in [2.75, 3.05) is 12.8 Å². The second kappa shape index (κ2) is 4.96. The Balaban J connectivity index is 2.31. The second-order valence-electron chi connectivity index (χ2n) is 4.10. The SMILES string of the molecule is COc1ccc2nc(N)n(-c3ccc(Br)cc3Cl)c2n1. The summed E-state index contributed by atoms with van der Waals surface area (Å²) in [6.45, 7) is 0. The number of methoxy groups -OCH3 is 1. The van der Waals surface area contributed by atoms with E-state index in [0.717, 1.165) is 10.2 Å². The molecule has 0 bridgehead atoms. The van der Waals surface area contributed by atoms with Crippen molar-refractivity contribution in [3.8, 4) is 11.6 Å². The van der Waals surface area contributed by atoms with E-state index in [1.807, 2.05) is 12.1 Å². The van der Waals surface area contributed by atoms with Gasteiger partial charge in [0.05, 0.1) is 17.8 Å². The van der Waals surface area contributed by atoms with Crippen LogP contribution in [0.1, 0.15) is 0 Å². The van der Waals surface area contributed by atoms with Crippen molar-refractivity contribution in [1.82, 2.24) is 14.5 Å². The van der Waals surface area contributed by atoms with Crippen LogP contribution in [0.4, 0.5) is 5.95 Å². The molecule has 7 heteroatoms. The number of ether oxygens (including phenoxy) is 1. The molecule has 0 saturated carbocycles. The standard InChI is InChI=1S/C13H10BrClN4O/c1-20-11-5-3-9-12(18-11)19(13(16)17-9)10-4-2-7(14)6-8(10)15/h2-6H,1H3,(H2,16,17). The van der Waals surface area contributed by atoms with E-state index in [1.54, 1.807) is 29.9 Å². The van der Waals surface area contributed by atoms with Gasteiger partial charge in [0.2, 0.25) is 11.8 Å². The number of imidazole rings is 1. The summed E-state index contributed by atoms with van der Waals surface area (Å²) in [4.78, 5) is 8.66. The van der Waals surface area contributed by atoms with Crippen LogP contribution >= 0.6 is 27.5 Å². The van der Waals surface area contributed by atoms with Gasteiger partial charge in [0, 0.05) is 10.5 Å². The third-order valence-corrected chi connectivity index (χ3v) is 3.66. The van der Waals surface area contributed by atoms with Gasteiger partial charge < -0.3 is 10.5 Å². The van der Waals surface area contributed by atoms with Gasteiger partial charge in [-0.3, -0.25) is 4.57 Å². The highest BCUT2D eigenvalue weighted by Gasteiger charge is 2.14. The van der Waals surface area contributed by atoms with Gasteiger partial charge in [-0.25, -0.2) is 4.98 Å². The van der Waals surface area contributed by atoms with Crippen molar-refractivity contribution in [2.24, 2.45) is 0 Å². The maximum Gasteiger partial charge on any atom is 0.215 e. The van der Waals surface area contributed by atoms with Crippen LogP contribution in [-0.2, 0) is 0 Å². The number of nitrogens with two attached hydrogens (primary N) is 1. The number of fused-ring (bicyclic) bond motifs is 1. The van der Waals surface area contributed by atoms with Gasteiger partial charge in [-0.1, -0.05) is 27.5 Å². The molecule has 0 unspecified atom stereocenters. The minimum Gasteiger partial charge on any atom is -0.481 e. The molecule has 3 aromatic rings. The van der Waals surface area contributed by atoms with Crippen molar-refractivity contribution in [1.29, 1.82) is 0 Å². The van der Waals surface area contributed by atoms with Crippen molar-refractivity contribution in [3.05, 3.63) is 39.8 Å². The molecule has 3 rings (SSSR count). The van der Waals surface area contributed by atoms with Gasteiger partial charge in [0.15, 0.2) is 5.65 Å². The number of benzene rings is 1. The van der Waals surface area contributed by atoms with E-state index in [9.17, 15) is 0 Å². The third kappa shape index (κ3) is 2.10. The molecule has 0 aliphatic carbocycles. The highest BCUT2D eigenvalue weighted by molar-refractivity contribution is 9.10. The molecule has 20 heavy (non-hydrogen) atoms. The number of anilines is 1. The molecule has 2 aromatic heterocycles. The van der Waals surface area contributed by atoms with E-state index in [-0.39, 0.29) is 0 Å². The van der Waals surface area contributed by atoms with Crippen LogP contribution in [0, 0.1) is 0 Å². The molecule has 0 fully saturated rings. The number of nitrogen functional groups attached to an aromatic ring is 1. The number of aromatic nitrogens is 3. The van der Waals surface area contributed by atoms with Crippen LogP contribution in [0.3, 0.4) is 0 Å². The maximum atomic E-state index is 6.27. The molecular formula is C13H10BrClN4O. The first-order valence-electron chi connectivity index (χ1n) is 5.74. The molecule has 102 valence electrons. The van der Waals surface area contributed by atoms with Crippen LogP contribution in [-0.4, -0.2) is 21.6 Å². The smallest absolute Gasteiger partial charge is 0.215 e. The Bertz CT molecular complexity index is 802. The van der Waals surface area contributed by atoms with Crippen molar-refractivity contribution in [2.45, 2.75) is 0 Å². The first-order valence-corrected chi connectivity index (χ1v) is 6.91. The van der Waals surface area contributed by atoms with E-state index < -0.39 is 0 Å². The Kier molecular flexibility index (Phi) is 3.27. The normalized spacial score (nSPS) is 10.9. The molecule has 2 heterocycles. The molecule has 0 aliphatic rings. The minimum absolute atomic E-state index is 0.324. The first kappa shape index (κ1) is 13.2. The molecule has 1 aromatic carbocycles. The van der Waals surface area contributed by atoms with Gasteiger partial charge in [-0.2, -0.15) is 4.98 Å². The van der Waals surface area contributed by atoms with Crippen molar-refractivity contribution < 1.29 is 4.74 Å². The molecular weight excluding hydrogens is 344 g/mol. The van der Waals surface area contributed by atoms with E-state index in [0.29, 0.717) is 28.0 Å². The maximum absolute atomic E-state index is 6.27. The van der Waals surface area contributed by atoms with E-state index in [2.05, 4.69) is 25.9 Å². The monoisotopic (exact) mass is 352 g/mol. The lowest BCUT2D eigenvalue weighted by Gasteiger charge is -2.08. The van der Waals surface area contributed by atoms with Crippen molar-refractivity contribution >= 4 is 44.6 Å². The van der Waals surface area contributed by atoms with Crippen LogP contribution in [0.5, 0.6) is 5.88 Å². The zero-order valence-corrected chi connectivity index (χ0v) is 12.8. The number of hydrogen-bond donors (Lipinski definition) is 1. The molecule has 0 aliphatic heterocycles. The average Bonchev–Trinajstić information content (AvgIpc) is 2.74. The Morgan fingerprint density at radius 1 is 1.25 bits per heavy atom. The Morgan fingerprint density at radius 2 is 2.05 bits per heavy atom. The summed E-state index contributed by atoms with van der Waals surface area (Å²) >= 11 is 9.65. The number of hydrogen-bond acceptors (Lipinski definition) is 4. The highest BCUT2D eigenvalue weighted by Crippen LogP contribution is 2.30. The summed E-state index contributed by atoms with van der Waals surface area (Å²) in [6, 6.07) is 9.07. The summed E-state index contributed by atoms with van der Waals surface area (Å²) in [5.74, 6) is 0.817. The summed E-state index contributed by atoms with van der Waals surface area (Å²) < 4.78 is 7.73. The van der Waals surface area contributed by atoms with Crippen LogP contribution in [0.25, 0.3) is 16.9 Å². The molecule has 0 amide bonds. The summed E-state index contributed by atoms with van der Waals surface area (Å²) in [5.41, 5.74) is 7.99. The Morgan fingerprint density at radius 3 is 2.75 bits per heavy atom. The van der Waals surface area contributed by atoms with Gasteiger partial charge in [0.1, 0.15) is 5.52 Å². The topological polar surface area (TPSA) is 66.0 Å². The quantitative estimate of drug-likeness (QED) is 0.766. The number of rotatable bonds is 2. The predicted molar refractivity (Wildman–Crippen MR) is 82.5 cm³/mol. The van der Waals surface area contributed by atoms with E-state index in [4.69, 9.17) is 22.1 Å². The van der Waals surface area contributed by atoms with Gasteiger partial charge in [-0.15, -0.1) is 0 Å². The van der Waals surface area contributed by atoms with Crippen LogP contribution < -0.4 is 10.5 Å². The number of nitrogens with zero attached hydrogens (tertiary/aromatic N) is 3.